The van der Waals surface area contributed by atoms with Crippen molar-refractivity contribution >= 4 is 39.1 Å². The summed E-state index contributed by atoms with van der Waals surface area (Å²) in [6.45, 7) is 6.32. The van der Waals surface area contributed by atoms with Crippen molar-refractivity contribution in [3.05, 3.63) is 64.9 Å². The third-order valence-electron chi connectivity index (χ3n) is 4.71. The number of hydrogen-bond acceptors (Lipinski definition) is 4. The monoisotopic (exact) mass is 497 g/mol. The van der Waals surface area contributed by atoms with Crippen LogP contribution in [0.4, 0.5) is 10.1 Å². The lowest BCUT2D eigenvalue weighted by Gasteiger charge is -2.33. The zero-order valence-electron chi connectivity index (χ0n) is 19.3. The molecule has 1 N–H and O–H groups in total. The highest BCUT2D eigenvalue weighted by Gasteiger charge is 2.32. The highest BCUT2D eigenvalue weighted by Crippen LogP contribution is 2.22. The molecule has 2 aromatic rings. The van der Waals surface area contributed by atoms with Crippen LogP contribution in [0.2, 0.25) is 5.02 Å². The minimum absolute atomic E-state index is 0.00694. The second-order valence-electron chi connectivity index (χ2n) is 8.79. The molecule has 0 radical (unpaired) electrons. The number of halogens is 2. The van der Waals surface area contributed by atoms with E-state index in [1.165, 1.54) is 23.1 Å². The van der Waals surface area contributed by atoms with E-state index in [1.54, 1.807) is 31.2 Å². The summed E-state index contributed by atoms with van der Waals surface area (Å²) in [6.07, 6.45) is 0.893. The van der Waals surface area contributed by atoms with Crippen LogP contribution in [0.1, 0.15) is 33.3 Å². The third kappa shape index (κ3) is 7.71. The van der Waals surface area contributed by atoms with Crippen LogP contribution in [0.15, 0.2) is 48.5 Å². The van der Waals surface area contributed by atoms with E-state index in [9.17, 15) is 22.4 Å². The molecule has 7 nitrogen and oxygen atoms in total. The van der Waals surface area contributed by atoms with Gasteiger partial charge in [0, 0.05) is 17.1 Å². The quantitative estimate of drug-likeness (QED) is 0.604. The summed E-state index contributed by atoms with van der Waals surface area (Å²) in [5.74, 6) is -1.86. The molecule has 1 unspecified atom stereocenters. The average Bonchev–Trinajstić information content (AvgIpc) is 2.68. The molecule has 0 spiro atoms. The minimum Gasteiger partial charge on any atom is -0.350 e. The summed E-state index contributed by atoms with van der Waals surface area (Å²) in [6, 6.07) is 11.1. The van der Waals surface area contributed by atoms with Gasteiger partial charge in [-0.25, -0.2) is 12.8 Å². The summed E-state index contributed by atoms with van der Waals surface area (Å²) in [5.41, 5.74) is -0.131. The normalized spacial score (nSPS) is 12.7. The zero-order valence-corrected chi connectivity index (χ0v) is 20.9. The Kier molecular flexibility index (Phi) is 8.48. The molecule has 2 amide bonds. The van der Waals surface area contributed by atoms with Gasteiger partial charge < -0.3 is 10.2 Å². The molecule has 0 fully saturated rings. The molecule has 0 bridgehead atoms. The van der Waals surface area contributed by atoms with Crippen molar-refractivity contribution in [3.63, 3.8) is 0 Å². The van der Waals surface area contributed by atoms with E-state index in [0.29, 0.717) is 14.9 Å². The maximum absolute atomic E-state index is 14.4. The fourth-order valence-electron chi connectivity index (χ4n) is 3.14. The summed E-state index contributed by atoms with van der Waals surface area (Å²) < 4.78 is 39.9. The number of hydrogen-bond donors (Lipinski definition) is 1. The van der Waals surface area contributed by atoms with Gasteiger partial charge in [0.15, 0.2) is 0 Å². The molecule has 33 heavy (non-hydrogen) atoms. The maximum Gasteiger partial charge on any atom is 0.244 e. The van der Waals surface area contributed by atoms with Crippen LogP contribution in [-0.2, 0) is 26.2 Å². The number of sulfonamides is 1. The van der Waals surface area contributed by atoms with E-state index in [0.717, 1.165) is 12.3 Å². The molecular formula is C23H29ClFN3O4S. The lowest BCUT2D eigenvalue weighted by molar-refractivity contribution is -0.140. The zero-order chi connectivity index (χ0) is 25.0. The van der Waals surface area contributed by atoms with E-state index in [-0.39, 0.29) is 12.2 Å². The van der Waals surface area contributed by atoms with Gasteiger partial charge in [-0.3, -0.25) is 13.9 Å². The molecule has 0 aliphatic rings. The van der Waals surface area contributed by atoms with Crippen molar-refractivity contribution in [2.45, 2.75) is 45.8 Å². The standard InChI is InChI=1S/C23H29ClFN3O4S/c1-16(22(30)26-23(2,3)4)27(14-17-9-8-10-18(24)13-17)21(29)15-28(33(5,31)32)20-12-7-6-11-19(20)25/h6-13,16H,14-15H2,1-5H3,(H,26,30). The molecule has 0 aliphatic heterocycles. The van der Waals surface area contributed by atoms with Gasteiger partial charge in [-0.2, -0.15) is 0 Å². The molecule has 180 valence electrons. The van der Waals surface area contributed by atoms with Crippen LogP contribution < -0.4 is 9.62 Å². The smallest absolute Gasteiger partial charge is 0.244 e. The predicted octanol–water partition coefficient (Wildman–Crippen LogP) is 3.58. The van der Waals surface area contributed by atoms with Crippen molar-refractivity contribution < 1.29 is 22.4 Å². The number of nitrogens with one attached hydrogen (secondary N) is 1. The van der Waals surface area contributed by atoms with Gasteiger partial charge in [-0.15, -0.1) is 0 Å². The minimum atomic E-state index is -4.00. The fraction of sp³-hybridized carbons (Fsp3) is 0.391. The summed E-state index contributed by atoms with van der Waals surface area (Å²) in [5, 5.41) is 3.28. The van der Waals surface area contributed by atoms with Gasteiger partial charge in [0.1, 0.15) is 18.4 Å². The van der Waals surface area contributed by atoms with E-state index < -0.39 is 45.8 Å². The lowest BCUT2D eigenvalue weighted by Crippen LogP contribution is -2.54. The molecule has 2 rings (SSSR count). The molecule has 0 heterocycles. The molecule has 0 saturated heterocycles. The van der Waals surface area contributed by atoms with Crippen molar-refractivity contribution in [1.82, 2.24) is 10.2 Å². The predicted molar refractivity (Wildman–Crippen MR) is 128 cm³/mol. The van der Waals surface area contributed by atoms with Crippen LogP contribution >= 0.6 is 11.6 Å². The number of nitrogens with zero attached hydrogens (tertiary/aromatic N) is 2. The Labute approximate surface area is 199 Å². The molecule has 0 aromatic heterocycles. The molecule has 1 atom stereocenters. The van der Waals surface area contributed by atoms with E-state index >= 15 is 0 Å². The number of rotatable bonds is 8. The van der Waals surface area contributed by atoms with Gasteiger partial charge in [0.05, 0.1) is 11.9 Å². The Balaban J connectivity index is 2.42. The Bertz CT molecular complexity index is 1120. The third-order valence-corrected chi connectivity index (χ3v) is 6.07. The Hall–Kier alpha value is -2.65. The van der Waals surface area contributed by atoms with Crippen molar-refractivity contribution in [2.24, 2.45) is 0 Å². The second kappa shape index (κ2) is 10.5. The Morgan fingerprint density at radius 3 is 2.30 bits per heavy atom. The van der Waals surface area contributed by atoms with Crippen LogP contribution in [0.3, 0.4) is 0 Å². The summed E-state index contributed by atoms with van der Waals surface area (Å²) >= 11 is 6.07. The lowest BCUT2D eigenvalue weighted by atomic mass is 10.1. The molecule has 0 saturated carbocycles. The molecule has 0 aliphatic carbocycles. The fourth-order valence-corrected chi connectivity index (χ4v) is 4.20. The Morgan fingerprint density at radius 1 is 1.12 bits per heavy atom. The van der Waals surface area contributed by atoms with Crippen molar-refractivity contribution in [1.29, 1.82) is 0 Å². The first-order valence-corrected chi connectivity index (χ1v) is 12.5. The van der Waals surface area contributed by atoms with Gasteiger partial charge >= 0.3 is 0 Å². The summed E-state index contributed by atoms with van der Waals surface area (Å²) in [4.78, 5) is 27.5. The van der Waals surface area contributed by atoms with Crippen LogP contribution in [0.5, 0.6) is 0 Å². The van der Waals surface area contributed by atoms with Gasteiger partial charge in [0.25, 0.3) is 0 Å². The number of amides is 2. The number of carbonyl (C=O) groups is 2. The topological polar surface area (TPSA) is 86.8 Å². The number of para-hydroxylation sites is 1. The molecule has 2 aromatic carbocycles. The molecule has 10 heteroatoms. The van der Waals surface area contributed by atoms with Gasteiger partial charge in [0.2, 0.25) is 21.8 Å². The largest absolute Gasteiger partial charge is 0.350 e. The first-order chi connectivity index (χ1) is 15.2. The summed E-state index contributed by atoms with van der Waals surface area (Å²) in [7, 11) is -4.00. The van der Waals surface area contributed by atoms with Crippen LogP contribution in [-0.4, -0.2) is 49.5 Å². The first-order valence-electron chi connectivity index (χ1n) is 10.3. The first kappa shape index (κ1) is 26.6. The van der Waals surface area contributed by atoms with Gasteiger partial charge in [-0.1, -0.05) is 35.9 Å². The van der Waals surface area contributed by atoms with Crippen molar-refractivity contribution in [2.75, 3.05) is 17.1 Å². The van der Waals surface area contributed by atoms with E-state index in [2.05, 4.69) is 5.32 Å². The second-order valence-corrected chi connectivity index (χ2v) is 11.1. The number of carbonyl (C=O) groups excluding carboxylic acids is 2. The highest BCUT2D eigenvalue weighted by molar-refractivity contribution is 7.92. The van der Waals surface area contributed by atoms with Crippen molar-refractivity contribution in [3.8, 4) is 0 Å². The Morgan fingerprint density at radius 2 is 1.76 bits per heavy atom. The number of anilines is 1. The highest BCUT2D eigenvalue weighted by atomic mass is 35.5. The number of benzene rings is 2. The van der Waals surface area contributed by atoms with Crippen LogP contribution in [0.25, 0.3) is 0 Å². The maximum atomic E-state index is 14.4. The average molecular weight is 498 g/mol. The molecular weight excluding hydrogens is 469 g/mol. The van der Waals surface area contributed by atoms with E-state index in [1.807, 2.05) is 20.8 Å². The van der Waals surface area contributed by atoms with Gasteiger partial charge in [-0.05, 0) is 57.5 Å². The van der Waals surface area contributed by atoms with Crippen LogP contribution in [0, 0.1) is 5.82 Å². The SMILES string of the molecule is CC(C(=O)NC(C)(C)C)N(Cc1cccc(Cl)c1)C(=O)CN(c1ccccc1F)S(C)(=O)=O. The van der Waals surface area contributed by atoms with E-state index in [4.69, 9.17) is 11.6 Å².